The maximum absolute atomic E-state index is 13.0. The molecule has 0 saturated carbocycles. The Hall–Kier alpha value is -2.17. The van der Waals surface area contributed by atoms with Crippen molar-refractivity contribution in [3.8, 4) is 0 Å². The van der Waals surface area contributed by atoms with Crippen LogP contribution in [0.5, 0.6) is 0 Å². The summed E-state index contributed by atoms with van der Waals surface area (Å²) in [5.41, 5.74) is 2.10. The van der Waals surface area contributed by atoms with E-state index in [1.54, 1.807) is 16.4 Å². The van der Waals surface area contributed by atoms with Crippen molar-refractivity contribution in [3.63, 3.8) is 0 Å². The molecule has 0 fully saturated rings. The van der Waals surface area contributed by atoms with E-state index in [-0.39, 0.29) is 12.1 Å². The smallest absolute Gasteiger partial charge is 0.207 e. The molecule has 0 aliphatic carbocycles. The zero-order valence-electron chi connectivity index (χ0n) is 13.8. The quantitative estimate of drug-likeness (QED) is 0.789. The van der Waals surface area contributed by atoms with Gasteiger partial charge in [0, 0.05) is 6.04 Å². The molecule has 2 aromatic rings. The minimum Gasteiger partial charge on any atom is -0.207 e. The zero-order valence-corrected chi connectivity index (χ0v) is 14.6. The van der Waals surface area contributed by atoms with E-state index in [9.17, 15) is 8.42 Å². The van der Waals surface area contributed by atoms with Crippen molar-refractivity contribution < 1.29 is 8.42 Å². The molecule has 1 heterocycles. The first-order valence-corrected chi connectivity index (χ1v) is 9.44. The second-order valence-electron chi connectivity index (χ2n) is 6.03. The van der Waals surface area contributed by atoms with E-state index in [0.29, 0.717) is 4.90 Å². The average Bonchev–Trinajstić information content (AvgIpc) is 2.96. The number of nitrogens with zero attached hydrogens (tertiary/aromatic N) is 1. The molecule has 24 heavy (non-hydrogen) atoms. The van der Waals surface area contributed by atoms with E-state index in [4.69, 9.17) is 0 Å². The topological polar surface area (TPSA) is 37.4 Å². The molecule has 3 rings (SSSR count). The molecule has 124 valence electrons. The molecule has 0 N–H and O–H groups in total. The van der Waals surface area contributed by atoms with Gasteiger partial charge in [-0.3, -0.25) is 0 Å². The van der Waals surface area contributed by atoms with Gasteiger partial charge in [-0.25, -0.2) is 8.42 Å². The summed E-state index contributed by atoms with van der Waals surface area (Å²) < 4.78 is 27.6. The first kappa shape index (κ1) is 16.7. The Balaban J connectivity index is 1.90. The van der Waals surface area contributed by atoms with Crippen molar-refractivity contribution in [1.82, 2.24) is 4.31 Å². The van der Waals surface area contributed by atoms with Crippen molar-refractivity contribution in [2.75, 3.05) is 0 Å². The fourth-order valence-electron chi connectivity index (χ4n) is 2.85. The third-order valence-electron chi connectivity index (χ3n) is 4.16. The highest BCUT2D eigenvalue weighted by molar-refractivity contribution is 7.89. The Kier molecular flexibility index (Phi) is 4.69. The standard InChI is InChI=1S/C20H21NO2S/c1-16-8-14-20(15-9-16)24(22,23)21-17(2)10-12-19(21)13-11-18-6-4-3-5-7-18/h3-15,17,19H,1-2H3/b13-11+/t17-,19-/m0/s1. The van der Waals surface area contributed by atoms with Crippen molar-refractivity contribution in [1.29, 1.82) is 0 Å². The Labute approximate surface area is 144 Å². The number of benzene rings is 2. The fraction of sp³-hybridized carbons (Fsp3) is 0.200. The van der Waals surface area contributed by atoms with Gasteiger partial charge in [-0.1, -0.05) is 72.3 Å². The lowest BCUT2D eigenvalue weighted by molar-refractivity contribution is 0.388. The van der Waals surface area contributed by atoms with Crippen molar-refractivity contribution in [2.45, 2.75) is 30.8 Å². The van der Waals surface area contributed by atoms with Gasteiger partial charge in [0.05, 0.1) is 10.9 Å². The minimum atomic E-state index is -3.54. The van der Waals surface area contributed by atoms with E-state index in [0.717, 1.165) is 11.1 Å². The molecule has 3 nitrogen and oxygen atoms in total. The maximum Gasteiger partial charge on any atom is 0.244 e. The van der Waals surface area contributed by atoms with E-state index in [1.807, 2.05) is 80.6 Å². The van der Waals surface area contributed by atoms with Crippen LogP contribution in [-0.4, -0.2) is 24.8 Å². The third-order valence-corrected chi connectivity index (χ3v) is 6.16. The maximum atomic E-state index is 13.0. The van der Waals surface area contributed by atoms with Gasteiger partial charge < -0.3 is 0 Å². The Morgan fingerprint density at radius 3 is 2.29 bits per heavy atom. The third kappa shape index (κ3) is 3.35. The number of hydrogen-bond donors (Lipinski definition) is 0. The van der Waals surface area contributed by atoms with Crippen LogP contribution in [0.25, 0.3) is 6.08 Å². The first-order chi connectivity index (χ1) is 11.5. The molecule has 1 aliphatic rings. The monoisotopic (exact) mass is 339 g/mol. The number of aryl methyl sites for hydroxylation is 1. The summed E-state index contributed by atoms with van der Waals surface area (Å²) in [6.07, 6.45) is 7.77. The molecular formula is C20H21NO2S. The van der Waals surface area contributed by atoms with Crippen LogP contribution in [0.4, 0.5) is 0 Å². The second-order valence-corrected chi connectivity index (χ2v) is 7.88. The van der Waals surface area contributed by atoms with E-state index >= 15 is 0 Å². The van der Waals surface area contributed by atoms with Crippen LogP contribution in [-0.2, 0) is 10.0 Å². The lowest BCUT2D eigenvalue weighted by Gasteiger charge is -2.26. The fourth-order valence-corrected chi connectivity index (χ4v) is 4.54. The second kappa shape index (κ2) is 6.75. The minimum absolute atomic E-state index is 0.165. The van der Waals surface area contributed by atoms with Gasteiger partial charge >= 0.3 is 0 Å². The van der Waals surface area contributed by atoms with Crippen LogP contribution in [0.1, 0.15) is 18.1 Å². The van der Waals surface area contributed by atoms with Crippen LogP contribution in [0.3, 0.4) is 0 Å². The highest BCUT2D eigenvalue weighted by Gasteiger charge is 2.35. The molecule has 0 saturated heterocycles. The Bertz CT molecular complexity index is 852. The highest BCUT2D eigenvalue weighted by atomic mass is 32.2. The lowest BCUT2D eigenvalue weighted by Crippen LogP contribution is -2.39. The van der Waals surface area contributed by atoms with Crippen molar-refractivity contribution >= 4 is 16.1 Å². The van der Waals surface area contributed by atoms with E-state index < -0.39 is 10.0 Å². The van der Waals surface area contributed by atoms with Crippen LogP contribution in [0.2, 0.25) is 0 Å². The molecule has 0 aromatic heterocycles. The largest absolute Gasteiger partial charge is 0.244 e. The molecule has 0 spiro atoms. The van der Waals surface area contributed by atoms with E-state index in [2.05, 4.69) is 0 Å². The summed E-state index contributed by atoms with van der Waals surface area (Å²) in [7, 11) is -3.54. The van der Waals surface area contributed by atoms with Gasteiger partial charge in [0.15, 0.2) is 0 Å². The number of sulfonamides is 1. The molecule has 1 aliphatic heterocycles. The summed E-state index contributed by atoms with van der Waals surface area (Å²) in [6, 6.07) is 16.5. The van der Waals surface area contributed by atoms with Crippen molar-refractivity contribution in [3.05, 3.63) is 84.0 Å². The van der Waals surface area contributed by atoms with Crippen molar-refractivity contribution in [2.24, 2.45) is 0 Å². The van der Waals surface area contributed by atoms with Crippen LogP contribution in [0, 0.1) is 6.92 Å². The molecule has 2 atom stereocenters. The molecule has 4 heteroatoms. The highest BCUT2D eigenvalue weighted by Crippen LogP contribution is 2.27. The van der Waals surface area contributed by atoms with Gasteiger partial charge in [0.2, 0.25) is 10.0 Å². The summed E-state index contributed by atoms with van der Waals surface area (Å²) in [5, 5.41) is 0. The first-order valence-electron chi connectivity index (χ1n) is 8.00. The molecular weight excluding hydrogens is 318 g/mol. The summed E-state index contributed by atoms with van der Waals surface area (Å²) in [4.78, 5) is 0.335. The molecule has 0 radical (unpaired) electrons. The normalized spacial score (nSPS) is 21.6. The van der Waals surface area contributed by atoms with Crippen LogP contribution in [0.15, 0.2) is 77.7 Å². The van der Waals surface area contributed by atoms with Crippen LogP contribution >= 0.6 is 0 Å². The Morgan fingerprint density at radius 2 is 1.62 bits per heavy atom. The zero-order chi connectivity index (χ0) is 17.2. The molecule has 0 unspecified atom stereocenters. The van der Waals surface area contributed by atoms with Crippen LogP contribution < -0.4 is 0 Å². The summed E-state index contributed by atoms with van der Waals surface area (Å²) in [6.45, 7) is 3.85. The molecule has 0 bridgehead atoms. The molecule has 2 aromatic carbocycles. The van der Waals surface area contributed by atoms with Gasteiger partial charge in [0.1, 0.15) is 0 Å². The van der Waals surface area contributed by atoms with Gasteiger partial charge in [-0.2, -0.15) is 4.31 Å². The van der Waals surface area contributed by atoms with Gasteiger partial charge in [-0.05, 0) is 31.5 Å². The van der Waals surface area contributed by atoms with Gasteiger partial charge in [-0.15, -0.1) is 0 Å². The average molecular weight is 339 g/mol. The summed E-state index contributed by atoms with van der Waals surface area (Å²) >= 11 is 0. The predicted molar refractivity (Wildman–Crippen MR) is 98.1 cm³/mol. The number of rotatable bonds is 4. The van der Waals surface area contributed by atoms with Gasteiger partial charge in [0.25, 0.3) is 0 Å². The Morgan fingerprint density at radius 1 is 0.958 bits per heavy atom. The van der Waals surface area contributed by atoms with E-state index in [1.165, 1.54) is 0 Å². The SMILES string of the molecule is Cc1ccc(S(=O)(=O)N2[C@@H](C)C=C[C@H]2/C=C/c2ccccc2)cc1. The lowest BCUT2D eigenvalue weighted by atomic mass is 10.2. The predicted octanol–water partition coefficient (Wildman–Crippen LogP) is 4.03. The number of hydrogen-bond acceptors (Lipinski definition) is 2. The molecule has 0 amide bonds. The summed E-state index contributed by atoms with van der Waals surface area (Å²) in [5.74, 6) is 0.